The molecule has 20 heavy (non-hydrogen) atoms. The molecule has 1 atom stereocenters. The second-order valence-corrected chi connectivity index (χ2v) is 5.49. The van der Waals surface area contributed by atoms with Crippen LogP contribution in [0.25, 0.3) is 0 Å². The zero-order chi connectivity index (χ0) is 14.8. The predicted octanol–water partition coefficient (Wildman–Crippen LogP) is 4.26. The highest BCUT2D eigenvalue weighted by Crippen LogP contribution is 2.17. The first-order chi connectivity index (χ1) is 9.69. The quantitative estimate of drug-likeness (QED) is 0.651. The van der Waals surface area contributed by atoms with Crippen molar-refractivity contribution in [1.29, 1.82) is 0 Å². The van der Waals surface area contributed by atoms with Crippen molar-refractivity contribution in [1.82, 2.24) is 4.98 Å². The summed E-state index contributed by atoms with van der Waals surface area (Å²) in [6, 6.07) is 3.81. The van der Waals surface area contributed by atoms with Crippen LogP contribution >= 0.6 is 0 Å². The summed E-state index contributed by atoms with van der Waals surface area (Å²) in [5, 5.41) is 9.31. The number of pyridine rings is 1. The van der Waals surface area contributed by atoms with Crippen molar-refractivity contribution in [2.45, 2.75) is 78.4 Å². The van der Waals surface area contributed by atoms with Gasteiger partial charge in [-0.25, -0.2) is 4.98 Å². The van der Waals surface area contributed by atoms with Gasteiger partial charge in [0.25, 0.3) is 0 Å². The van der Waals surface area contributed by atoms with E-state index in [1.54, 1.807) is 0 Å². The van der Waals surface area contributed by atoms with Gasteiger partial charge in [-0.3, -0.25) is 0 Å². The summed E-state index contributed by atoms with van der Waals surface area (Å²) in [5.74, 6) is 0.656. The molecule has 1 rings (SSSR count). The largest absolute Gasteiger partial charge is 0.475 e. The third-order valence-electron chi connectivity index (χ3n) is 3.39. The number of aliphatic hydroxyl groups excluding tert-OH is 1. The molecule has 0 saturated heterocycles. The summed E-state index contributed by atoms with van der Waals surface area (Å²) >= 11 is 0. The fourth-order valence-corrected chi connectivity index (χ4v) is 2.28. The third-order valence-corrected chi connectivity index (χ3v) is 3.39. The van der Waals surface area contributed by atoms with E-state index in [4.69, 9.17) is 4.74 Å². The van der Waals surface area contributed by atoms with E-state index in [2.05, 4.69) is 25.8 Å². The fraction of sp³-hybridized carbons (Fsp3) is 0.706. The first kappa shape index (κ1) is 17.0. The van der Waals surface area contributed by atoms with Crippen LogP contribution in [-0.4, -0.2) is 16.2 Å². The number of ether oxygens (including phenoxy) is 1. The SMILES string of the molecule is CCCCCCC(C)Oc1cc(CO)cc(CCC)n1. The molecule has 3 nitrogen and oxygen atoms in total. The molecule has 1 aromatic heterocycles. The van der Waals surface area contributed by atoms with Gasteiger partial charge in [-0.05, 0) is 37.8 Å². The molecule has 1 N–H and O–H groups in total. The lowest BCUT2D eigenvalue weighted by Crippen LogP contribution is -2.13. The van der Waals surface area contributed by atoms with Crippen LogP contribution in [0.15, 0.2) is 12.1 Å². The number of nitrogens with zero attached hydrogens (tertiary/aromatic N) is 1. The van der Waals surface area contributed by atoms with Crippen LogP contribution in [-0.2, 0) is 13.0 Å². The van der Waals surface area contributed by atoms with Gasteiger partial charge in [0, 0.05) is 11.8 Å². The first-order valence-corrected chi connectivity index (χ1v) is 7.96. The lowest BCUT2D eigenvalue weighted by molar-refractivity contribution is 0.196. The molecule has 0 aliphatic rings. The topological polar surface area (TPSA) is 42.4 Å². The zero-order valence-corrected chi connectivity index (χ0v) is 13.2. The molecule has 1 heterocycles. The lowest BCUT2D eigenvalue weighted by Gasteiger charge is -2.15. The average Bonchev–Trinajstić information content (AvgIpc) is 2.43. The van der Waals surface area contributed by atoms with Crippen LogP contribution in [0.4, 0.5) is 0 Å². The van der Waals surface area contributed by atoms with Gasteiger partial charge in [0.15, 0.2) is 0 Å². The van der Waals surface area contributed by atoms with Crippen molar-refractivity contribution in [2.24, 2.45) is 0 Å². The van der Waals surface area contributed by atoms with Crippen LogP contribution < -0.4 is 4.74 Å². The number of aromatic nitrogens is 1. The molecule has 0 spiro atoms. The number of aryl methyl sites for hydroxylation is 1. The molecule has 0 aromatic carbocycles. The summed E-state index contributed by atoms with van der Waals surface area (Å²) in [7, 11) is 0. The molecule has 0 aliphatic carbocycles. The van der Waals surface area contributed by atoms with E-state index >= 15 is 0 Å². The molecule has 3 heteroatoms. The van der Waals surface area contributed by atoms with Crippen molar-refractivity contribution < 1.29 is 9.84 Å². The summed E-state index contributed by atoms with van der Waals surface area (Å²) in [6.45, 7) is 6.49. The summed E-state index contributed by atoms with van der Waals surface area (Å²) in [6.07, 6.45) is 8.26. The highest BCUT2D eigenvalue weighted by molar-refractivity contribution is 5.25. The first-order valence-electron chi connectivity index (χ1n) is 7.96. The Balaban J connectivity index is 2.54. The molecule has 1 aromatic rings. The van der Waals surface area contributed by atoms with Crippen LogP contribution in [0.1, 0.15) is 70.6 Å². The van der Waals surface area contributed by atoms with Gasteiger partial charge in [-0.1, -0.05) is 39.5 Å². The Morgan fingerprint density at radius 1 is 1.15 bits per heavy atom. The van der Waals surface area contributed by atoms with Crippen molar-refractivity contribution in [3.8, 4) is 5.88 Å². The van der Waals surface area contributed by atoms with E-state index in [0.29, 0.717) is 5.88 Å². The number of aliphatic hydroxyl groups is 1. The maximum Gasteiger partial charge on any atom is 0.214 e. The maximum atomic E-state index is 9.31. The standard InChI is InChI=1S/C17H29NO2/c1-4-6-7-8-10-14(3)20-17-12-15(13-19)11-16(18-17)9-5-2/h11-12,14,19H,4-10,13H2,1-3H3. The van der Waals surface area contributed by atoms with Gasteiger partial charge < -0.3 is 9.84 Å². The van der Waals surface area contributed by atoms with E-state index in [9.17, 15) is 5.11 Å². The van der Waals surface area contributed by atoms with Crippen LogP contribution in [0.3, 0.4) is 0 Å². The zero-order valence-electron chi connectivity index (χ0n) is 13.2. The minimum Gasteiger partial charge on any atom is -0.475 e. The van der Waals surface area contributed by atoms with E-state index in [0.717, 1.165) is 30.5 Å². The molecule has 1 unspecified atom stereocenters. The van der Waals surface area contributed by atoms with Gasteiger partial charge in [0.05, 0.1) is 12.7 Å². The lowest BCUT2D eigenvalue weighted by atomic mass is 10.1. The molecule has 0 amide bonds. The van der Waals surface area contributed by atoms with Crippen molar-refractivity contribution in [2.75, 3.05) is 0 Å². The van der Waals surface area contributed by atoms with E-state index in [-0.39, 0.29) is 12.7 Å². The maximum absolute atomic E-state index is 9.31. The summed E-state index contributed by atoms with van der Waals surface area (Å²) < 4.78 is 5.90. The number of unbranched alkanes of at least 4 members (excludes halogenated alkanes) is 3. The van der Waals surface area contributed by atoms with Crippen LogP contribution in [0, 0.1) is 0 Å². The van der Waals surface area contributed by atoms with Gasteiger partial charge in [-0.2, -0.15) is 0 Å². The molecular weight excluding hydrogens is 250 g/mol. The van der Waals surface area contributed by atoms with Crippen molar-refractivity contribution in [3.63, 3.8) is 0 Å². The minimum atomic E-state index is 0.0421. The van der Waals surface area contributed by atoms with Gasteiger partial charge >= 0.3 is 0 Å². The Kier molecular flexibility index (Phi) is 8.28. The molecule has 0 bridgehead atoms. The summed E-state index contributed by atoms with van der Waals surface area (Å²) in [4.78, 5) is 4.52. The predicted molar refractivity (Wildman–Crippen MR) is 83.0 cm³/mol. The van der Waals surface area contributed by atoms with E-state index < -0.39 is 0 Å². The molecule has 0 aliphatic heterocycles. The van der Waals surface area contributed by atoms with Gasteiger partial charge in [-0.15, -0.1) is 0 Å². The number of hydrogen-bond acceptors (Lipinski definition) is 3. The minimum absolute atomic E-state index is 0.0421. The Morgan fingerprint density at radius 2 is 1.95 bits per heavy atom. The van der Waals surface area contributed by atoms with Gasteiger partial charge in [0.2, 0.25) is 5.88 Å². The van der Waals surface area contributed by atoms with Crippen molar-refractivity contribution in [3.05, 3.63) is 23.4 Å². The molecule has 0 radical (unpaired) electrons. The molecule has 114 valence electrons. The summed E-state index contributed by atoms with van der Waals surface area (Å²) in [5.41, 5.74) is 1.89. The molecule has 0 saturated carbocycles. The van der Waals surface area contributed by atoms with Crippen molar-refractivity contribution >= 4 is 0 Å². The second-order valence-electron chi connectivity index (χ2n) is 5.49. The van der Waals surface area contributed by atoms with E-state index in [1.165, 1.54) is 25.7 Å². The Morgan fingerprint density at radius 3 is 2.60 bits per heavy atom. The van der Waals surface area contributed by atoms with Gasteiger partial charge in [0.1, 0.15) is 0 Å². The van der Waals surface area contributed by atoms with Crippen LogP contribution in [0.5, 0.6) is 5.88 Å². The Bertz CT molecular complexity index is 379. The normalized spacial score (nSPS) is 12.4. The smallest absolute Gasteiger partial charge is 0.214 e. The average molecular weight is 279 g/mol. The number of hydrogen-bond donors (Lipinski definition) is 1. The third kappa shape index (κ3) is 6.38. The Labute approximate surface area is 123 Å². The number of rotatable bonds is 10. The highest BCUT2D eigenvalue weighted by atomic mass is 16.5. The van der Waals surface area contributed by atoms with E-state index in [1.807, 2.05) is 12.1 Å². The molecular formula is C17H29NO2. The Hall–Kier alpha value is -1.09. The highest BCUT2D eigenvalue weighted by Gasteiger charge is 2.08. The molecule has 0 fully saturated rings. The fourth-order valence-electron chi connectivity index (χ4n) is 2.28. The van der Waals surface area contributed by atoms with Crippen LogP contribution in [0.2, 0.25) is 0 Å². The second kappa shape index (κ2) is 9.76. The monoisotopic (exact) mass is 279 g/mol.